The largest absolute Gasteiger partial charge is 0.416 e. The van der Waals surface area contributed by atoms with Crippen LogP contribution in [0.2, 0.25) is 0 Å². The number of nitrogens with zero attached hydrogens (tertiary/aromatic N) is 2. The van der Waals surface area contributed by atoms with E-state index in [1.165, 1.54) is 24.3 Å². The van der Waals surface area contributed by atoms with Gasteiger partial charge in [0.25, 0.3) is 0 Å². The molecule has 41 heavy (non-hydrogen) atoms. The van der Waals surface area contributed by atoms with Gasteiger partial charge in [-0.25, -0.2) is 4.39 Å². The number of hydrogen-bond donors (Lipinski definition) is 3. The van der Waals surface area contributed by atoms with Crippen molar-refractivity contribution >= 4 is 16.6 Å². The quantitative estimate of drug-likeness (QED) is 0.189. The van der Waals surface area contributed by atoms with Gasteiger partial charge in [0.05, 0.1) is 17.1 Å². The SMILES string of the molecule is CCc1cccc(CC)c1C1c2c(C(O)c3cc(F)cc4cc[nH]c34)n[nH]c2CCN1c1ccc(C(F)(F)F)cc1. The summed E-state index contributed by atoms with van der Waals surface area (Å²) in [6.45, 7) is 4.68. The molecule has 0 fully saturated rings. The first-order valence-corrected chi connectivity index (χ1v) is 13.8. The number of fused-ring (bicyclic) bond motifs is 2. The van der Waals surface area contributed by atoms with Crippen molar-refractivity contribution in [3.05, 3.63) is 117 Å². The monoisotopic (exact) mass is 562 g/mol. The minimum absolute atomic E-state index is 0.365. The Bertz CT molecular complexity index is 1680. The Kier molecular flexibility index (Phi) is 6.85. The molecular weight excluding hydrogens is 532 g/mol. The van der Waals surface area contributed by atoms with Crippen LogP contribution in [0, 0.1) is 5.82 Å². The predicted molar refractivity (Wildman–Crippen MR) is 150 cm³/mol. The number of aliphatic hydroxyl groups excluding tert-OH is 1. The van der Waals surface area contributed by atoms with Gasteiger partial charge in [0.2, 0.25) is 0 Å². The van der Waals surface area contributed by atoms with Crippen LogP contribution in [0.25, 0.3) is 10.9 Å². The Labute approximate surface area is 234 Å². The molecule has 3 aromatic carbocycles. The number of H-pyrrole nitrogens is 2. The highest BCUT2D eigenvalue weighted by molar-refractivity contribution is 5.83. The van der Waals surface area contributed by atoms with Gasteiger partial charge < -0.3 is 15.0 Å². The van der Waals surface area contributed by atoms with Gasteiger partial charge in [-0.1, -0.05) is 32.0 Å². The van der Waals surface area contributed by atoms with Gasteiger partial charge in [-0.15, -0.1) is 0 Å². The van der Waals surface area contributed by atoms with Crippen molar-refractivity contribution in [2.24, 2.45) is 0 Å². The lowest BCUT2D eigenvalue weighted by atomic mass is 9.82. The van der Waals surface area contributed by atoms with E-state index < -0.39 is 29.7 Å². The van der Waals surface area contributed by atoms with E-state index in [0.29, 0.717) is 40.8 Å². The van der Waals surface area contributed by atoms with Crippen LogP contribution in [0.4, 0.5) is 23.2 Å². The molecule has 0 amide bonds. The number of rotatable bonds is 6. The van der Waals surface area contributed by atoms with Gasteiger partial charge >= 0.3 is 6.18 Å². The van der Waals surface area contributed by atoms with Gasteiger partial charge in [-0.2, -0.15) is 18.3 Å². The first kappa shape index (κ1) is 27.1. The third-order valence-corrected chi connectivity index (χ3v) is 8.16. The first-order chi connectivity index (χ1) is 19.7. The van der Waals surface area contributed by atoms with Crippen LogP contribution < -0.4 is 4.90 Å². The summed E-state index contributed by atoms with van der Waals surface area (Å²) in [7, 11) is 0. The standard InChI is InChI=1S/C32H30F4N4O/c1-3-18-6-5-7-19(4-2)26(18)30-27-25(13-15-40(30)23-10-8-21(9-11-23)32(34,35)36)38-39-29(27)31(41)24-17-22(33)16-20-12-14-37-28(20)24/h5-12,14,16-17,30-31,37,41H,3-4,13,15H2,1-2H3,(H,38,39). The van der Waals surface area contributed by atoms with Crippen molar-refractivity contribution in [3.63, 3.8) is 0 Å². The second-order valence-electron chi connectivity index (χ2n) is 10.4. The Morgan fingerprint density at radius 1 is 1.00 bits per heavy atom. The molecule has 0 saturated carbocycles. The Morgan fingerprint density at radius 2 is 1.71 bits per heavy atom. The first-order valence-electron chi connectivity index (χ1n) is 13.8. The van der Waals surface area contributed by atoms with Crippen LogP contribution in [-0.4, -0.2) is 26.8 Å². The Balaban J connectivity index is 1.56. The number of hydrogen-bond acceptors (Lipinski definition) is 3. The highest BCUT2D eigenvalue weighted by atomic mass is 19.4. The molecule has 5 aromatic rings. The molecule has 0 aliphatic carbocycles. The number of aromatic amines is 2. The second kappa shape index (κ2) is 10.4. The summed E-state index contributed by atoms with van der Waals surface area (Å²) in [6, 6.07) is 15.4. The topological polar surface area (TPSA) is 67.9 Å². The number of aromatic nitrogens is 3. The van der Waals surface area contributed by atoms with E-state index in [4.69, 9.17) is 0 Å². The summed E-state index contributed by atoms with van der Waals surface area (Å²) in [5.74, 6) is -0.469. The summed E-state index contributed by atoms with van der Waals surface area (Å²) in [5.41, 5.74) is 6.17. The molecule has 1 aliphatic heterocycles. The third-order valence-electron chi connectivity index (χ3n) is 8.16. The maximum atomic E-state index is 14.6. The molecule has 0 saturated heterocycles. The number of nitrogens with one attached hydrogen (secondary N) is 2. The van der Waals surface area contributed by atoms with Crippen LogP contribution in [0.5, 0.6) is 0 Å². The van der Waals surface area contributed by atoms with E-state index in [9.17, 15) is 22.7 Å². The molecule has 212 valence electrons. The average molecular weight is 563 g/mol. The van der Waals surface area contributed by atoms with Gasteiger partial charge in [0.15, 0.2) is 0 Å². The fraction of sp³-hybridized carbons (Fsp3) is 0.281. The minimum atomic E-state index is -4.44. The molecule has 3 heterocycles. The van der Waals surface area contributed by atoms with E-state index >= 15 is 0 Å². The second-order valence-corrected chi connectivity index (χ2v) is 10.4. The van der Waals surface area contributed by atoms with Gasteiger partial charge in [0.1, 0.15) is 17.6 Å². The van der Waals surface area contributed by atoms with E-state index in [-0.39, 0.29) is 0 Å². The van der Waals surface area contributed by atoms with Crippen molar-refractivity contribution in [2.45, 2.75) is 51.4 Å². The number of halogens is 4. The zero-order valence-electron chi connectivity index (χ0n) is 22.7. The van der Waals surface area contributed by atoms with Gasteiger partial charge in [0, 0.05) is 47.1 Å². The molecular formula is C32H30F4N4O. The lowest BCUT2D eigenvalue weighted by Gasteiger charge is -2.40. The predicted octanol–water partition coefficient (Wildman–Crippen LogP) is 7.41. The minimum Gasteiger partial charge on any atom is -0.382 e. The molecule has 2 aromatic heterocycles. The molecule has 0 radical (unpaired) electrons. The van der Waals surface area contributed by atoms with Crippen LogP contribution >= 0.6 is 0 Å². The lowest BCUT2D eigenvalue weighted by molar-refractivity contribution is -0.137. The molecule has 5 nitrogen and oxygen atoms in total. The normalized spacial score (nSPS) is 16.3. The van der Waals surface area contributed by atoms with Crippen molar-refractivity contribution in [3.8, 4) is 0 Å². The average Bonchev–Trinajstić information content (AvgIpc) is 3.62. The van der Waals surface area contributed by atoms with Crippen molar-refractivity contribution in [1.29, 1.82) is 0 Å². The maximum Gasteiger partial charge on any atom is 0.416 e. The Morgan fingerprint density at radius 3 is 2.37 bits per heavy atom. The molecule has 9 heteroatoms. The van der Waals surface area contributed by atoms with E-state index in [0.717, 1.165) is 52.9 Å². The number of anilines is 1. The molecule has 1 aliphatic rings. The molecule has 6 rings (SSSR count). The van der Waals surface area contributed by atoms with E-state index in [1.54, 1.807) is 12.3 Å². The van der Waals surface area contributed by atoms with Crippen LogP contribution in [0.3, 0.4) is 0 Å². The zero-order valence-corrected chi connectivity index (χ0v) is 22.7. The van der Waals surface area contributed by atoms with Crippen LogP contribution in [0.1, 0.15) is 70.8 Å². The summed E-state index contributed by atoms with van der Waals surface area (Å²) < 4.78 is 54.8. The lowest BCUT2D eigenvalue weighted by Crippen LogP contribution is -2.37. The fourth-order valence-electron chi connectivity index (χ4n) is 6.20. The third kappa shape index (κ3) is 4.68. The Hall–Kier alpha value is -4.11. The molecule has 0 bridgehead atoms. The number of benzene rings is 3. The number of aryl methyl sites for hydroxylation is 2. The summed E-state index contributed by atoms with van der Waals surface area (Å²) in [5, 5.41) is 20.1. The van der Waals surface area contributed by atoms with Crippen LogP contribution in [-0.2, 0) is 25.4 Å². The molecule has 2 atom stereocenters. The number of aliphatic hydroxyl groups is 1. The fourth-order valence-corrected chi connectivity index (χ4v) is 6.20. The molecule has 3 N–H and O–H groups in total. The molecule has 0 spiro atoms. The van der Waals surface area contributed by atoms with Crippen LogP contribution in [0.15, 0.2) is 66.9 Å². The van der Waals surface area contributed by atoms with Crippen molar-refractivity contribution in [1.82, 2.24) is 15.2 Å². The highest BCUT2D eigenvalue weighted by Crippen LogP contribution is 2.45. The summed E-state index contributed by atoms with van der Waals surface area (Å²) >= 11 is 0. The summed E-state index contributed by atoms with van der Waals surface area (Å²) in [6.07, 6.45) is -1.95. The van der Waals surface area contributed by atoms with Crippen molar-refractivity contribution < 1.29 is 22.7 Å². The molecule has 2 unspecified atom stereocenters. The zero-order chi connectivity index (χ0) is 28.9. The maximum absolute atomic E-state index is 14.6. The highest BCUT2D eigenvalue weighted by Gasteiger charge is 2.38. The van der Waals surface area contributed by atoms with Crippen molar-refractivity contribution in [2.75, 3.05) is 11.4 Å². The van der Waals surface area contributed by atoms with Gasteiger partial charge in [-0.3, -0.25) is 5.10 Å². The smallest absolute Gasteiger partial charge is 0.382 e. The summed E-state index contributed by atoms with van der Waals surface area (Å²) in [4.78, 5) is 5.20. The van der Waals surface area contributed by atoms with E-state index in [2.05, 4.69) is 46.1 Å². The number of alkyl halides is 3. The van der Waals surface area contributed by atoms with Gasteiger partial charge in [-0.05, 0) is 72.0 Å². The van der Waals surface area contributed by atoms with E-state index in [1.807, 2.05) is 6.07 Å².